The number of rotatable bonds is 1. The highest BCUT2D eigenvalue weighted by molar-refractivity contribution is 5.68. The van der Waals surface area contributed by atoms with Gasteiger partial charge in [-0.3, -0.25) is 4.98 Å². The molecular formula is C16H20FN3O2. The van der Waals surface area contributed by atoms with Gasteiger partial charge in [0.25, 0.3) is 0 Å². The van der Waals surface area contributed by atoms with Gasteiger partial charge in [-0.05, 0) is 45.7 Å². The quantitative estimate of drug-likeness (QED) is 0.800. The van der Waals surface area contributed by atoms with Gasteiger partial charge in [0.1, 0.15) is 16.8 Å². The molecule has 0 N–H and O–H groups in total. The van der Waals surface area contributed by atoms with Gasteiger partial charge in [0.2, 0.25) is 0 Å². The Morgan fingerprint density at radius 3 is 2.50 bits per heavy atom. The Hall–Kier alpha value is -2.16. The molecule has 2 heterocycles. The summed E-state index contributed by atoms with van der Waals surface area (Å²) in [7, 11) is 0. The number of nitrogens with zero attached hydrogens (tertiary/aromatic N) is 3. The summed E-state index contributed by atoms with van der Waals surface area (Å²) in [6.45, 7) is 6.29. The molecule has 0 bridgehead atoms. The van der Waals surface area contributed by atoms with Gasteiger partial charge in [-0.15, -0.1) is 0 Å². The van der Waals surface area contributed by atoms with E-state index in [1.165, 1.54) is 6.07 Å². The average Bonchev–Trinajstić information content (AvgIpc) is 2.46. The first-order valence-corrected chi connectivity index (χ1v) is 7.27. The maximum Gasteiger partial charge on any atom is 0.410 e. The zero-order chi connectivity index (χ0) is 16.4. The summed E-state index contributed by atoms with van der Waals surface area (Å²) in [6, 6.07) is 5.15. The number of likely N-dealkylation sites (tertiary alicyclic amines) is 1. The van der Waals surface area contributed by atoms with Crippen LogP contribution in [0.2, 0.25) is 0 Å². The number of nitriles is 1. The summed E-state index contributed by atoms with van der Waals surface area (Å²) < 4.78 is 18.3. The first kappa shape index (κ1) is 16.2. The summed E-state index contributed by atoms with van der Waals surface area (Å²) in [5, 5.41) is 9.56. The van der Waals surface area contributed by atoms with Gasteiger partial charge in [0.05, 0.1) is 18.0 Å². The van der Waals surface area contributed by atoms with E-state index < -0.39 is 16.8 Å². The van der Waals surface area contributed by atoms with Crippen molar-refractivity contribution in [3.63, 3.8) is 0 Å². The third-order valence-electron chi connectivity index (χ3n) is 3.70. The molecule has 1 aromatic rings. The third-order valence-corrected chi connectivity index (χ3v) is 3.70. The number of halogens is 1. The molecule has 5 nitrogen and oxygen atoms in total. The molecule has 1 fully saturated rings. The molecule has 0 spiro atoms. The van der Waals surface area contributed by atoms with Gasteiger partial charge in [-0.1, -0.05) is 0 Å². The molecule has 1 amide bonds. The second-order valence-corrected chi connectivity index (χ2v) is 6.52. The number of ether oxygens (including phenoxy) is 1. The van der Waals surface area contributed by atoms with Crippen molar-refractivity contribution >= 4 is 6.09 Å². The number of pyridine rings is 1. The van der Waals surface area contributed by atoms with Crippen LogP contribution in [0.4, 0.5) is 9.18 Å². The van der Waals surface area contributed by atoms with Gasteiger partial charge in [-0.25, -0.2) is 9.18 Å². The number of carbonyl (C=O) groups excluding carboxylic acids is 1. The zero-order valence-electron chi connectivity index (χ0n) is 13.1. The summed E-state index contributed by atoms with van der Waals surface area (Å²) in [6.07, 6.45) is 1.67. The standard InChI is InChI=1S/C16H20FN3O2/c1-15(2,3)22-14(21)20-8-6-16(11-18,7-9-20)13-5-4-12(17)10-19-13/h4-5,10H,6-9H2,1-3H3. The molecule has 0 saturated carbocycles. The van der Waals surface area contributed by atoms with E-state index in [1.807, 2.05) is 20.8 Å². The van der Waals surface area contributed by atoms with Crippen LogP contribution in [0.5, 0.6) is 0 Å². The smallest absolute Gasteiger partial charge is 0.410 e. The first-order valence-electron chi connectivity index (χ1n) is 7.27. The van der Waals surface area contributed by atoms with E-state index in [2.05, 4.69) is 11.1 Å². The Kier molecular flexibility index (Phi) is 4.36. The van der Waals surface area contributed by atoms with Gasteiger partial charge >= 0.3 is 6.09 Å². The Bertz CT molecular complexity index is 579. The molecule has 1 saturated heterocycles. The van der Waals surface area contributed by atoms with Crippen LogP contribution in [0.15, 0.2) is 18.3 Å². The van der Waals surface area contributed by atoms with Crippen LogP contribution < -0.4 is 0 Å². The Balaban J connectivity index is 2.07. The largest absolute Gasteiger partial charge is 0.444 e. The van der Waals surface area contributed by atoms with Crippen LogP contribution in [0.3, 0.4) is 0 Å². The van der Waals surface area contributed by atoms with Crippen LogP contribution in [0.25, 0.3) is 0 Å². The molecule has 6 heteroatoms. The molecular weight excluding hydrogens is 285 g/mol. The lowest BCUT2D eigenvalue weighted by molar-refractivity contribution is 0.0184. The first-order chi connectivity index (χ1) is 10.3. The highest BCUT2D eigenvalue weighted by atomic mass is 19.1. The van der Waals surface area contributed by atoms with Gasteiger partial charge in [-0.2, -0.15) is 5.26 Å². The highest BCUT2D eigenvalue weighted by Crippen LogP contribution is 2.34. The predicted molar refractivity (Wildman–Crippen MR) is 78.5 cm³/mol. The third kappa shape index (κ3) is 3.53. The van der Waals surface area contributed by atoms with Crippen LogP contribution >= 0.6 is 0 Å². The molecule has 2 rings (SSSR count). The van der Waals surface area contributed by atoms with E-state index in [-0.39, 0.29) is 6.09 Å². The minimum atomic E-state index is -0.772. The molecule has 0 aliphatic carbocycles. The highest BCUT2D eigenvalue weighted by Gasteiger charge is 2.39. The lowest BCUT2D eigenvalue weighted by atomic mass is 9.77. The topological polar surface area (TPSA) is 66.2 Å². The number of carbonyl (C=O) groups is 1. The summed E-state index contributed by atoms with van der Waals surface area (Å²) >= 11 is 0. The van der Waals surface area contributed by atoms with Crippen molar-refractivity contribution in [3.05, 3.63) is 29.8 Å². The summed E-state index contributed by atoms with van der Waals surface area (Å²) in [5.41, 5.74) is -0.758. The predicted octanol–water partition coefficient (Wildman–Crippen LogP) is 3.01. The second kappa shape index (κ2) is 5.91. The lowest BCUT2D eigenvalue weighted by Gasteiger charge is -2.37. The SMILES string of the molecule is CC(C)(C)OC(=O)N1CCC(C#N)(c2ccc(F)cn2)CC1. The molecule has 1 aromatic heterocycles. The molecule has 0 aromatic carbocycles. The summed E-state index contributed by atoms with van der Waals surface area (Å²) in [4.78, 5) is 17.7. The molecule has 0 atom stereocenters. The fourth-order valence-corrected chi connectivity index (χ4v) is 2.48. The van der Waals surface area contributed by atoms with Crippen molar-refractivity contribution < 1.29 is 13.9 Å². The fourth-order valence-electron chi connectivity index (χ4n) is 2.48. The van der Waals surface area contributed by atoms with Crippen molar-refractivity contribution in [1.82, 2.24) is 9.88 Å². The van der Waals surface area contributed by atoms with Crippen LogP contribution in [0.1, 0.15) is 39.3 Å². The normalized spacial score (nSPS) is 17.7. The van der Waals surface area contributed by atoms with E-state index in [1.54, 1.807) is 11.0 Å². The lowest BCUT2D eigenvalue weighted by Crippen LogP contribution is -2.46. The van der Waals surface area contributed by atoms with Crippen molar-refractivity contribution in [2.45, 2.75) is 44.6 Å². The van der Waals surface area contributed by atoms with E-state index in [0.29, 0.717) is 31.6 Å². The fraction of sp³-hybridized carbons (Fsp3) is 0.562. The molecule has 1 aliphatic heterocycles. The van der Waals surface area contributed by atoms with Crippen LogP contribution in [0, 0.1) is 17.1 Å². The minimum absolute atomic E-state index is 0.369. The van der Waals surface area contributed by atoms with Crippen molar-refractivity contribution in [3.8, 4) is 6.07 Å². The van der Waals surface area contributed by atoms with Crippen molar-refractivity contribution in [2.24, 2.45) is 0 Å². The van der Waals surface area contributed by atoms with Crippen LogP contribution in [-0.2, 0) is 10.2 Å². The number of aromatic nitrogens is 1. The number of amides is 1. The molecule has 0 unspecified atom stereocenters. The van der Waals surface area contributed by atoms with Crippen molar-refractivity contribution in [1.29, 1.82) is 5.26 Å². The molecule has 0 radical (unpaired) electrons. The number of piperidine rings is 1. The van der Waals surface area contributed by atoms with Gasteiger partial charge < -0.3 is 9.64 Å². The monoisotopic (exact) mass is 305 g/mol. The second-order valence-electron chi connectivity index (χ2n) is 6.52. The maximum absolute atomic E-state index is 13.0. The van der Waals surface area contributed by atoms with Crippen molar-refractivity contribution in [2.75, 3.05) is 13.1 Å². The number of hydrogen-bond acceptors (Lipinski definition) is 4. The molecule has 22 heavy (non-hydrogen) atoms. The molecule has 1 aliphatic rings. The van der Waals surface area contributed by atoms with Gasteiger partial charge in [0.15, 0.2) is 0 Å². The van der Waals surface area contributed by atoms with E-state index in [4.69, 9.17) is 4.74 Å². The number of hydrogen-bond donors (Lipinski definition) is 0. The van der Waals surface area contributed by atoms with E-state index in [0.717, 1.165) is 6.20 Å². The van der Waals surface area contributed by atoms with Gasteiger partial charge in [0, 0.05) is 13.1 Å². The van der Waals surface area contributed by atoms with Crippen LogP contribution in [-0.4, -0.2) is 34.7 Å². The summed E-state index contributed by atoms with van der Waals surface area (Å²) in [5.74, 6) is -0.428. The average molecular weight is 305 g/mol. The Morgan fingerprint density at radius 1 is 1.41 bits per heavy atom. The maximum atomic E-state index is 13.0. The minimum Gasteiger partial charge on any atom is -0.444 e. The Morgan fingerprint density at radius 2 is 2.05 bits per heavy atom. The Labute approximate surface area is 129 Å². The van der Waals surface area contributed by atoms with E-state index >= 15 is 0 Å². The molecule has 118 valence electrons. The zero-order valence-corrected chi connectivity index (χ0v) is 13.1. The van der Waals surface area contributed by atoms with E-state index in [9.17, 15) is 14.4 Å².